The molecule has 4 heteroatoms. The van der Waals surface area contributed by atoms with Crippen molar-refractivity contribution in [1.82, 2.24) is 5.48 Å². The average molecular weight is 239 g/mol. The Kier molecular flexibility index (Phi) is 4.63. The van der Waals surface area contributed by atoms with E-state index in [1.54, 1.807) is 24.5 Å². The Hall–Kier alpha value is -1.42. The second-order valence-corrected chi connectivity index (χ2v) is 4.61. The normalized spacial score (nSPS) is 12.6. The van der Waals surface area contributed by atoms with Crippen molar-refractivity contribution >= 4 is 5.91 Å². The Morgan fingerprint density at radius 1 is 1.47 bits per heavy atom. The van der Waals surface area contributed by atoms with Gasteiger partial charge in [0.2, 0.25) is 5.91 Å². The van der Waals surface area contributed by atoms with Gasteiger partial charge in [0.25, 0.3) is 0 Å². The molecule has 1 atom stereocenters. The van der Waals surface area contributed by atoms with Crippen molar-refractivity contribution in [2.45, 2.75) is 27.2 Å². The van der Waals surface area contributed by atoms with Crippen molar-refractivity contribution in [2.24, 2.45) is 11.8 Å². The van der Waals surface area contributed by atoms with Crippen LogP contribution < -0.4 is 5.48 Å². The molecule has 0 heterocycles. The lowest BCUT2D eigenvalue weighted by Crippen LogP contribution is -2.32. The number of hydrogen-bond acceptors (Lipinski definition) is 2. The monoisotopic (exact) mass is 239 g/mol. The zero-order valence-corrected chi connectivity index (χ0v) is 10.3. The smallest absolute Gasteiger partial charge is 0.247 e. The fraction of sp³-hybridized carbons (Fsp3) is 0.462. The lowest BCUT2D eigenvalue weighted by Gasteiger charge is -2.18. The van der Waals surface area contributed by atoms with Gasteiger partial charge in [-0.25, -0.2) is 9.87 Å². The largest absolute Gasteiger partial charge is 0.289 e. The zero-order valence-electron chi connectivity index (χ0n) is 10.3. The summed E-state index contributed by atoms with van der Waals surface area (Å²) >= 11 is 0. The molecule has 0 fully saturated rings. The number of benzene rings is 1. The van der Waals surface area contributed by atoms with Gasteiger partial charge in [-0.2, -0.15) is 0 Å². The predicted octanol–water partition coefficient (Wildman–Crippen LogP) is 2.45. The van der Waals surface area contributed by atoms with Gasteiger partial charge in [0, 0.05) is 5.92 Å². The molecule has 0 bridgehead atoms. The highest BCUT2D eigenvalue weighted by molar-refractivity contribution is 5.78. The molecule has 0 unspecified atom stereocenters. The molecule has 0 aromatic heterocycles. The molecule has 94 valence electrons. The Bertz CT molecular complexity index is 404. The number of aryl methyl sites for hydroxylation is 1. The number of carbonyl (C=O) groups excluding carboxylic acids is 1. The minimum atomic E-state index is -0.401. The molecule has 1 amide bonds. The molecular weight excluding hydrogens is 221 g/mol. The number of rotatable bonds is 4. The molecule has 0 aliphatic heterocycles. The summed E-state index contributed by atoms with van der Waals surface area (Å²) in [5, 5.41) is 8.67. The lowest BCUT2D eigenvalue weighted by molar-refractivity contribution is -0.134. The van der Waals surface area contributed by atoms with Crippen molar-refractivity contribution in [1.29, 1.82) is 0 Å². The van der Waals surface area contributed by atoms with Gasteiger partial charge in [-0.1, -0.05) is 26.0 Å². The molecule has 0 saturated carbocycles. The first-order valence-electron chi connectivity index (χ1n) is 5.64. The van der Waals surface area contributed by atoms with Crippen LogP contribution in [-0.4, -0.2) is 11.1 Å². The third-order valence-corrected chi connectivity index (χ3v) is 2.93. The number of amides is 1. The summed E-state index contributed by atoms with van der Waals surface area (Å²) in [6.45, 7) is 5.52. The summed E-state index contributed by atoms with van der Waals surface area (Å²) in [6.07, 6.45) is 0.491. The van der Waals surface area contributed by atoms with E-state index in [0.29, 0.717) is 12.0 Å². The van der Waals surface area contributed by atoms with Crippen LogP contribution in [0.4, 0.5) is 4.39 Å². The molecule has 0 aliphatic carbocycles. The fourth-order valence-corrected chi connectivity index (χ4v) is 1.80. The second-order valence-electron chi connectivity index (χ2n) is 4.61. The summed E-state index contributed by atoms with van der Waals surface area (Å²) < 4.78 is 13.1. The minimum absolute atomic E-state index is 0.104. The number of nitrogens with one attached hydrogen (secondary N) is 1. The molecule has 3 nitrogen and oxygen atoms in total. The van der Waals surface area contributed by atoms with Crippen molar-refractivity contribution in [2.75, 3.05) is 0 Å². The van der Waals surface area contributed by atoms with Crippen molar-refractivity contribution < 1.29 is 14.4 Å². The highest BCUT2D eigenvalue weighted by Gasteiger charge is 2.22. The SMILES string of the molecule is Cc1cc(C[C@@H](C(=O)NO)C(C)C)ccc1F. The molecule has 0 radical (unpaired) electrons. The summed E-state index contributed by atoms with van der Waals surface area (Å²) in [7, 11) is 0. The Morgan fingerprint density at radius 2 is 2.12 bits per heavy atom. The lowest BCUT2D eigenvalue weighted by atomic mass is 9.88. The van der Waals surface area contributed by atoms with Crippen LogP contribution in [0.1, 0.15) is 25.0 Å². The third kappa shape index (κ3) is 3.53. The molecule has 0 saturated heterocycles. The van der Waals surface area contributed by atoms with Gasteiger partial charge >= 0.3 is 0 Å². The predicted molar refractivity (Wildman–Crippen MR) is 63.1 cm³/mol. The van der Waals surface area contributed by atoms with E-state index >= 15 is 0 Å². The van der Waals surface area contributed by atoms with Gasteiger partial charge in [0.05, 0.1) is 0 Å². The van der Waals surface area contributed by atoms with Gasteiger partial charge < -0.3 is 0 Å². The van der Waals surface area contributed by atoms with Crippen molar-refractivity contribution in [3.8, 4) is 0 Å². The van der Waals surface area contributed by atoms with Crippen molar-refractivity contribution in [3.63, 3.8) is 0 Å². The minimum Gasteiger partial charge on any atom is -0.289 e. The quantitative estimate of drug-likeness (QED) is 0.626. The zero-order chi connectivity index (χ0) is 13.0. The average Bonchev–Trinajstić information content (AvgIpc) is 2.29. The molecule has 0 spiro atoms. The van der Waals surface area contributed by atoms with E-state index in [4.69, 9.17) is 5.21 Å². The van der Waals surface area contributed by atoms with E-state index in [1.165, 1.54) is 6.07 Å². The maximum atomic E-state index is 13.1. The van der Waals surface area contributed by atoms with Crippen LogP contribution in [0.2, 0.25) is 0 Å². The fourth-order valence-electron chi connectivity index (χ4n) is 1.80. The highest BCUT2D eigenvalue weighted by atomic mass is 19.1. The van der Waals surface area contributed by atoms with Gasteiger partial charge in [0.1, 0.15) is 5.82 Å². The van der Waals surface area contributed by atoms with Crippen LogP contribution in [0.15, 0.2) is 18.2 Å². The number of hydroxylamine groups is 1. The molecule has 0 aliphatic rings. The van der Waals surface area contributed by atoms with E-state index in [0.717, 1.165) is 5.56 Å². The number of carbonyl (C=O) groups is 1. The molecule has 2 N–H and O–H groups in total. The molecule has 1 aromatic rings. The van der Waals surface area contributed by atoms with Crippen LogP contribution in [0.25, 0.3) is 0 Å². The Labute approximate surface area is 101 Å². The molecule has 1 aromatic carbocycles. The Balaban J connectivity index is 2.86. The van der Waals surface area contributed by atoms with Gasteiger partial charge in [-0.15, -0.1) is 0 Å². The first-order chi connectivity index (χ1) is 7.95. The van der Waals surface area contributed by atoms with Gasteiger partial charge in [0.15, 0.2) is 0 Å². The van der Waals surface area contributed by atoms with E-state index < -0.39 is 5.91 Å². The van der Waals surface area contributed by atoms with Crippen LogP contribution in [-0.2, 0) is 11.2 Å². The van der Waals surface area contributed by atoms with Gasteiger partial charge in [-0.3, -0.25) is 10.0 Å². The molecular formula is C13H18FNO2. The van der Waals surface area contributed by atoms with Crippen LogP contribution in [0, 0.1) is 24.6 Å². The van der Waals surface area contributed by atoms with Gasteiger partial charge in [-0.05, 0) is 36.5 Å². The second kappa shape index (κ2) is 5.77. The van der Waals surface area contributed by atoms with E-state index in [-0.39, 0.29) is 17.7 Å². The van der Waals surface area contributed by atoms with Crippen LogP contribution >= 0.6 is 0 Å². The summed E-state index contributed by atoms with van der Waals surface area (Å²) in [4.78, 5) is 11.5. The maximum Gasteiger partial charge on any atom is 0.247 e. The highest BCUT2D eigenvalue weighted by Crippen LogP contribution is 2.19. The summed E-state index contributed by atoms with van der Waals surface area (Å²) in [5.41, 5.74) is 3.14. The topological polar surface area (TPSA) is 49.3 Å². The van der Waals surface area contributed by atoms with Crippen LogP contribution in [0.3, 0.4) is 0 Å². The first-order valence-corrected chi connectivity index (χ1v) is 5.64. The number of hydrogen-bond donors (Lipinski definition) is 2. The standard InChI is InChI=1S/C13H18FNO2/c1-8(2)11(13(16)15-17)7-10-4-5-12(14)9(3)6-10/h4-6,8,11,17H,7H2,1-3H3,(H,15,16)/t11-/m1/s1. The first kappa shape index (κ1) is 13.6. The van der Waals surface area contributed by atoms with Crippen molar-refractivity contribution in [3.05, 3.63) is 35.1 Å². The summed E-state index contributed by atoms with van der Waals surface area (Å²) in [5.74, 6) is -0.860. The van der Waals surface area contributed by atoms with E-state index in [1.807, 2.05) is 13.8 Å². The Morgan fingerprint density at radius 3 is 2.59 bits per heavy atom. The molecule has 17 heavy (non-hydrogen) atoms. The molecule has 1 rings (SSSR count). The summed E-state index contributed by atoms with van der Waals surface area (Å²) in [6, 6.07) is 4.80. The van der Waals surface area contributed by atoms with Crippen LogP contribution in [0.5, 0.6) is 0 Å². The van der Waals surface area contributed by atoms with E-state index in [9.17, 15) is 9.18 Å². The van der Waals surface area contributed by atoms with E-state index in [2.05, 4.69) is 0 Å². The maximum absolute atomic E-state index is 13.1. The number of halogens is 1. The third-order valence-electron chi connectivity index (χ3n) is 2.93.